The molecule has 0 spiro atoms. The van der Waals surface area contributed by atoms with Crippen LogP contribution in [-0.4, -0.2) is 76.2 Å². The molecule has 3 heterocycles. The molecule has 0 radical (unpaired) electrons. The third kappa shape index (κ3) is 11.9. The molecular formula is C53H56F3N7O6S2. The Morgan fingerprint density at radius 3 is 2.17 bits per heavy atom. The second-order valence-corrected chi connectivity index (χ2v) is 20.3. The molecule has 2 fully saturated rings. The number of carbonyl (C=O) groups excluding carboxylic acids is 4. The average molecular weight is 1010 g/mol. The number of nitriles is 1. The highest BCUT2D eigenvalue weighted by Crippen LogP contribution is 2.40. The normalized spacial score (nSPS) is 16.2. The van der Waals surface area contributed by atoms with Gasteiger partial charge in [-0.25, -0.2) is 9.78 Å². The van der Waals surface area contributed by atoms with E-state index >= 15 is 0 Å². The average Bonchev–Trinajstić information content (AvgIpc) is 4.05. The molecule has 7 rings (SSSR count). The minimum absolute atomic E-state index is 0.0105. The van der Waals surface area contributed by atoms with Gasteiger partial charge in [0.2, 0.25) is 11.8 Å². The number of hydrogen-bond donors (Lipinski definition) is 2. The summed E-state index contributed by atoms with van der Waals surface area (Å²) in [5, 5.41) is 15.0. The van der Waals surface area contributed by atoms with Crippen molar-refractivity contribution in [3.63, 3.8) is 0 Å². The molecule has 18 heteroatoms. The summed E-state index contributed by atoms with van der Waals surface area (Å²) in [4.78, 5) is 63.6. The number of nitrogens with one attached hydrogen (secondary N) is 2. The summed E-state index contributed by atoms with van der Waals surface area (Å²) in [6, 6.07) is 25.9. The van der Waals surface area contributed by atoms with Crippen LogP contribution in [0.2, 0.25) is 0 Å². The molecule has 2 aliphatic rings. The van der Waals surface area contributed by atoms with E-state index in [0.29, 0.717) is 56.8 Å². The minimum Gasteiger partial charge on any atom is -0.494 e. The van der Waals surface area contributed by atoms with Crippen molar-refractivity contribution >= 4 is 63.9 Å². The standard InChI is InChI=1S/C53H56F3N7O6S2/c1-33-44(71-32-59-33)37-14-12-34(13-15-37)31-58-46(64)43-11-10-26-61(43)47(65)45(51(2,3)4)60-49(67)69-28-9-7-8-27-68-41-24-19-36(20-25-41)35-16-21-39(22-17-35)63-50(70)62(48(66)52(63,5)6)40-23-18-38(30-57)42(29-40)53(54,55)56/h12-25,29,32,43,45H,7-11,26-28,31H2,1-6H3,(H,58,64)(H,60,67)/t43-,45+/m0/s1. The van der Waals surface area contributed by atoms with Gasteiger partial charge in [-0.05, 0) is 135 Å². The van der Waals surface area contributed by atoms with Crippen LogP contribution in [-0.2, 0) is 31.8 Å². The second kappa shape index (κ2) is 21.7. The van der Waals surface area contributed by atoms with Crippen molar-refractivity contribution in [2.24, 2.45) is 5.41 Å². The fourth-order valence-electron chi connectivity index (χ4n) is 8.68. The first-order valence-corrected chi connectivity index (χ1v) is 24.6. The van der Waals surface area contributed by atoms with Crippen molar-refractivity contribution in [1.82, 2.24) is 20.5 Å². The maximum absolute atomic E-state index is 13.9. The van der Waals surface area contributed by atoms with Crippen molar-refractivity contribution in [1.29, 1.82) is 5.26 Å². The SMILES string of the molecule is Cc1ncsc1-c1ccc(CNC(=O)[C@@H]2CCCN2C(=O)[C@@H](NC(=O)OCCCCCOc2ccc(-c3ccc(N4C(=S)N(c5ccc(C#N)c(C(F)(F)F)c5)C(=O)C4(C)C)cc3)cc2)C(C)(C)C)cc1. The summed E-state index contributed by atoms with van der Waals surface area (Å²) in [7, 11) is 0. The van der Waals surface area contributed by atoms with E-state index in [0.717, 1.165) is 56.3 Å². The van der Waals surface area contributed by atoms with Gasteiger partial charge in [0.1, 0.15) is 23.4 Å². The summed E-state index contributed by atoms with van der Waals surface area (Å²) in [5.74, 6) is -0.394. The zero-order chi connectivity index (χ0) is 51.3. The predicted molar refractivity (Wildman–Crippen MR) is 271 cm³/mol. The van der Waals surface area contributed by atoms with Crippen LogP contribution in [0, 0.1) is 23.7 Å². The Balaban J connectivity index is 0.833. The number of amides is 4. The van der Waals surface area contributed by atoms with E-state index in [9.17, 15) is 37.6 Å². The van der Waals surface area contributed by atoms with Gasteiger partial charge in [0, 0.05) is 18.8 Å². The molecule has 4 aromatic carbocycles. The highest BCUT2D eigenvalue weighted by Gasteiger charge is 2.51. The van der Waals surface area contributed by atoms with Crippen molar-refractivity contribution in [3.05, 3.63) is 119 Å². The van der Waals surface area contributed by atoms with Crippen LogP contribution < -0.4 is 25.2 Å². The third-order valence-corrected chi connectivity index (χ3v) is 13.9. The topological polar surface area (TPSA) is 157 Å². The molecule has 0 bridgehead atoms. The molecule has 2 saturated heterocycles. The number of benzene rings is 4. The third-order valence-electron chi connectivity index (χ3n) is 12.6. The van der Waals surface area contributed by atoms with E-state index < -0.39 is 52.3 Å². The van der Waals surface area contributed by atoms with Gasteiger partial charge in [-0.3, -0.25) is 19.3 Å². The first-order valence-electron chi connectivity index (χ1n) is 23.3. The van der Waals surface area contributed by atoms with Gasteiger partial charge in [0.25, 0.3) is 5.91 Å². The smallest absolute Gasteiger partial charge is 0.417 e. The number of rotatable bonds is 16. The van der Waals surface area contributed by atoms with Gasteiger partial charge in [-0.2, -0.15) is 18.4 Å². The number of thiazole rings is 1. The van der Waals surface area contributed by atoms with E-state index in [1.54, 1.807) is 53.2 Å². The molecule has 71 heavy (non-hydrogen) atoms. The summed E-state index contributed by atoms with van der Waals surface area (Å²) in [6.45, 7) is 12.2. The van der Waals surface area contributed by atoms with E-state index in [2.05, 4.69) is 15.6 Å². The molecule has 2 aliphatic heterocycles. The number of ether oxygens (including phenoxy) is 2. The largest absolute Gasteiger partial charge is 0.494 e. The number of aryl methyl sites for hydroxylation is 1. The number of alkyl carbamates (subject to hydrolysis) is 1. The van der Waals surface area contributed by atoms with Crippen molar-refractivity contribution in [3.8, 4) is 33.4 Å². The number of thiocarbonyl (C=S) groups is 1. The van der Waals surface area contributed by atoms with E-state index in [1.165, 1.54) is 6.07 Å². The highest BCUT2D eigenvalue weighted by atomic mass is 32.1. The Morgan fingerprint density at radius 2 is 1.55 bits per heavy atom. The Kier molecular flexibility index (Phi) is 15.9. The monoisotopic (exact) mass is 1010 g/mol. The number of hydrogen-bond acceptors (Lipinski definition) is 10. The van der Waals surface area contributed by atoms with Crippen LogP contribution in [0.5, 0.6) is 5.75 Å². The van der Waals surface area contributed by atoms with Gasteiger partial charge in [-0.1, -0.05) is 69.3 Å². The van der Waals surface area contributed by atoms with Crippen molar-refractivity contribution < 1.29 is 41.8 Å². The van der Waals surface area contributed by atoms with Crippen molar-refractivity contribution in [2.45, 2.75) is 104 Å². The molecular weight excluding hydrogens is 952 g/mol. The van der Waals surface area contributed by atoms with Gasteiger partial charge in [0.05, 0.1) is 52.2 Å². The van der Waals surface area contributed by atoms with Crippen molar-refractivity contribution in [2.75, 3.05) is 29.6 Å². The van der Waals surface area contributed by atoms with E-state index in [-0.39, 0.29) is 29.2 Å². The lowest BCUT2D eigenvalue weighted by Crippen LogP contribution is -2.57. The summed E-state index contributed by atoms with van der Waals surface area (Å²) in [6.07, 6.45) is -2.28. The number of nitrogens with zero attached hydrogens (tertiary/aromatic N) is 5. The Labute approximate surface area is 420 Å². The first kappa shape index (κ1) is 52.0. The molecule has 1 aromatic heterocycles. The van der Waals surface area contributed by atoms with Crippen LogP contribution in [0.3, 0.4) is 0 Å². The number of unbranched alkanes of at least 4 members (excludes halogenated alkanes) is 2. The summed E-state index contributed by atoms with van der Waals surface area (Å²) in [5.41, 5.74) is 3.49. The Morgan fingerprint density at radius 1 is 0.915 bits per heavy atom. The fourth-order valence-corrected chi connectivity index (χ4v) is 10.0. The van der Waals surface area contributed by atoms with E-state index in [1.807, 2.05) is 93.9 Å². The summed E-state index contributed by atoms with van der Waals surface area (Å²) >= 11 is 7.26. The molecule has 0 aliphatic carbocycles. The number of aromatic nitrogens is 1. The van der Waals surface area contributed by atoms with Gasteiger partial charge in [0.15, 0.2) is 5.11 Å². The van der Waals surface area contributed by atoms with Gasteiger partial charge >= 0.3 is 12.3 Å². The van der Waals surface area contributed by atoms with Crippen LogP contribution in [0.25, 0.3) is 21.6 Å². The molecule has 0 unspecified atom stereocenters. The van der Waals surface area contributed by atoms with Crippen LogP contribution in [0.1, 0.15) is 89.1 Å². The molecule has 0 saturated carbocycles. The van der Waals surface area contributed by atoms with E-state index in [4.69, 9.17) is 21.7 Å². The Bertz CT molecular complexity index is 2800. The van der Waals surface area contributed by atoms with Crippen LogP contribution in [0.15, 0.2) is 96.5 Å². The van der Waals surface area contributed by atoms with Crippen LogP contribution in [0.4, 0.5) is 29.3 Å². The number of alkyl halides is 3. The fraction of sp³-hybridized carbons (Fsp3) is 0.377. The lowest BCUT2D eigenvalue weighted by Gasteiger charge is -2.35. The van der Waals surface area contributed by atoms with Gasteiger partial charge < -0.3 is 29.9 Å². The number of halogens is 3. The van der Waals surface area contributed by atoms with Gasteiger partial charge in [-0.15, -0.1) is 11.3 Å². The second-order valence-electron chi connectivity index (χ2n) is 19.1. The maximum atomic E-state index is 13.9. The molecule has 13 nitrogen and oxygen atoms in total. The Hall–Kier alpha value is -6.84. The zero-order valence-corrected chi connectivity index (χ0v) is 42.0. The summed E-state index contributed by atoms with van der Waals surface area (Å²) < 4.78 is 52.7. The number of carbonyl (C=O) groups is 4. The lowest BCUT2D eigenvalue weighted by molar-refractivity contribution is -0.142. The molecule has 4 amide bonds. The lowest BCUT2D eigenvalue weighted by atomic mass is 9.85. The quantitative estimate of drug-likeness (QED) is 0.0720. The predicted octanol–water partition coefficient (Wildman–Crippen LogP) is 10.6. The number of anilines is 2. The number of likely N-dealkylation sites (tertiary alicyclic amines) is 1. The first-order chi connectivity index (χ1) is 33.7. The molecule has 2 N–H and O–H groups in total. The highest BCUT2D eigenvalue weighted by molar-refractivity contribution is 7.81. The minimum atomic E-state index is -4.80. The molecule has 5 aromatic rings. The maximum Gasteiger partial charge on any atom is 0.417 e. The molecule has 2 atom stereocenters. The van der Waals surface area contributed by atoms with Crippen LogP contribution >= 0.6 is 23.6 Å². The zero-order valence-electron chi connectivity index (χ0n) is 40.4. The molecule has 372 valence electrons.